The first-order valence-corrected chi connectivity index (χ1v) is 9.99. The SMILES string of the molecule is CCCCCCCOc1ccccc1CNCCC1=CCCCC1. The molecule has 0 aromatic heterocycles. The van der Waals surface area contributed by atoms with Gasteiger partial charge in [0.2, 0.25) is 0 Å². The summed E-state index contributed by atoms with van der Waals surface area (Å²) in [6.07, 6.45) is 15.4. The lowest BCUT2D eigenvalue weighted by atomic mass is 9.97. The van der Waals surface area contributed by atoms with Crippen LogP contribution in [-0.4, -0.2) is 13.2 Å². The van der Waals surface area contributed by atoms with Crippen LogP contribution in [0.3, 0.4) is 0 Å². The van der Waals surface area contributed by atoms with Crippen LogP contribution in [0.25, 0.3) is 0 Å². The van der Waals surface area contributed by atoms with Gasteiger partial charge in [0.05, 0.1) is 6.61 Å². The molecule has 0 heterocycles. The second kappa shape index (κ2) is 12.1. The van der Waals surface area contributed by atoms with Gasteiger partial charge in [-0.15, -0.1) is 0 Å². The lowest BCUT2D eigenvalue weighted by Gasteiger charge is -2.14. The predicted octanol–water partition coefficient (Wildman–Crippen LogP) is 6.02. The van der Waals surface area contributed by atoms with Gasteiger partial charge >= 0.3 is 0 Å². The molecule has 0 fully saturated rings. The number of hydrogen-bond donors (Lipinski definition) is 1. The maximum absolute atomic E-state index is 6.01. The van der Waals surface area contributed by atoms with E-state index in [0.717, 1.165) is 31.9 Å². The molecule has 134 valence electrons. The van der Waals surface area contributed by atoms with E-state index in [0.29, 0.717) is 0 Å². The van der Waals surface area contributed by atoms with Crippen molar-refractivity contribution in [3.05, 3.63) is 41.5 Å². The second-order valence-corrected chi connectivity index (χ2v) is 6.91. The summed E-state index contributed by atoms with van der Waals surface area (Å²) in [4.78, 5) is 0. The Hall–Kier alpha value is -1.28. The quantitative estimate of drug-likeness (QED) is 0.374. The second-order valence-electron chi connectivity index (χ2n) is 6.91. The van der Waals surface area contributed by atoms with Crippen LogP contribution in [0.5, 0.6) is 5.75 Å². The van der Waals surface area contributed by atoms with E-state index >= 15 is 0 Å². The molecule has 0 saturated carbocycles. The Bertz CT molecular complexity index is 481. The summed E-state index contributed by atoms with van der Waals surface area (Å²) in [5.41, 5.74) is 2.93. The van der Waals surface area contributed by atoms with Crippen molar-refractivity contribution in [1.29, 1.82) is 0 Å². The number of benzene rings is 1. The molecule has 1 aliphatic carbocycles. The Morgan fingerprint density at radius 3 is 2.75 bits per heavy atom. The van der Waals surface area contributed by atoms with Gasteiger partial charge in [-0.25, -0.2) is 0 Å². The average molecular weight is 330 g/mol. The standard InChI is InChI=1S/C22H35NO/c1-2-3-4-5-11-18-24-22-15-10-9-14-21(22)19-23-17-16-20-12-7-6-8-13-20/h9-10,12,14-15,23H,2-8,11,13,16-19H2,1H3. The molecule has 0 bridgehead atoms. The lowest BCUT2D eigenvalue weighted by Crippen LogP contribution is -2.16. The highest BCUT2D eigenvalue weighted by Gasteiger charge is 2.05. The molecule has 0 aliphatic heterocycles. The molecule has 1 N–H and O–H groups in total. The van der Waals surface area contributed by atoms with Gasteiger partial charge in [0.15, 0.2) is 0 Å². The lowest BCUT2D eigenvalue weighted by molar-refractivity contribution is 0.301. The Balaban J connectivity index is 1.65. The third-order valence-electron chi connectivity index (χ3n) is 4.80. The molecule has 1 aromatic carbocycles. The summed E-state index contributed by atoms with van der Waals surface area (Å²) in [5.74, 6) is 1.05. The van der Waals surface area contributed by atoms with Gasteiger partial charge < -0.3 is 10.1 Å². The van der Waals surface area contributed by atoms with Crippen LogP contribution >= 0.6 is 0 Å². The Kier molecular flexibility index (Phi) is 9.63. The van der Waals surface area contributed by atoms with E-state index in [1.165, 1.54) is 63.4 Å². The predicted molar refractivity (Wildman–Crippen MR) is 104 cm³/mol. The zero-order valence-electron chi connectivity index (χ0n) is 15.5. The summed E-state index contributed by atoms with van der Waals surface area (Å²) in [5, 5.41) is 3.59. The monoisotopic (exact) mass is 329 g/mol. The third kappa shape index (κ3) is 7.53. The highest BCUT2D eigenvalue weighted by Crippen LogP contribution is 2.20. The van der Waals surface area contributed by atoms with Crippen LogP contribution in [0, 0.1) is 0 Å². The number of para-hydroxylation sites is 1. The van der Waals surface area contributed by atoms with Crippen LogP contribution in [0.2, 0.25) is 0 Å². The van der Waals surface area contributed by atoms with Crippen molar-refractivity contribution < 1.29 is 4.74 Å². The van der Waals surface area contributed by atoms with Crippen LogP contribution in [0.1, 0.15) is 76.7 Å². The summed E-state index contributed by atoms with van der Waals surface area (Å²) >= 11 is 0. The van der Waals surface area contributed by atoms with Crippen molar-refractivity contribution in [2.24, 2.45) is 0 Å². The number of hydrogen-bond acceptors (Lipinski definition) is 2. The largest absolute Gasteiger partial charge is 0.493 e. The minimum atomic E-state index is 0.841. The average Bonchev–Trinajstić information content (AvgIpc) is 2.63. The Morgan fingerprint density at radius 1 is 1.04 bits per heavy atom. The van der Waals surface area contributed by atoms with Crippen molar-refractivity contribution in [3.63, 3.8) is 0 Å². The van der Waals surface area contributed by atoms with Crippen molar-refractivity contribution >= 4 is 0 Å². The fourth-order valence-electron chi connectivity index (χ4n) is 3.28. The number of rotatable bonds is 12. The van der Waals surface area contributed by atoms with E-state index in [-0.39, 0.29) is 0 Å². The molecule has 0 spiro atoms. The summed E-state index contributed by atoms with van der Waals surface area (Å²) in [6.45, 7) is 5.06. The Labute approximate surface area is 148 Å². The van der Waals surface area contributed by atoms with Gasteiger partial charge in [0.25, 0.3) is 0 Å². The molecule has 24 heavy (non-hydrogen) atoms. The molecule has 0 unspecified atom stereocenters. The molecule has 0 radical (unpaired) electrons. The molecule has 2 rings (SSSR count). The van der Waals surface area contributed by atoms with Crippen molar-refractivity contribution in [2.45, 2.75) is 77.7 Å². The molecule has 0 amide bonds. The van der Waals surface area contributed by atoms with Crippen LogP contribution in [0.4, 0.5) is 0 Å². The number of nitrogens with one attached hydrogen (secondary N) is 1. The van der Waals surface area contributed by atoms with E-state index in [1.807, 2.05) is 0 Å². The fourth-order valence-corrected chi connectivity index (χ4v) is 3.28. The van der Waals surface area contributed by atoms with Gasteiger partial charge in [-0.3, -0.25) is 0 Å². The molecule has 1 aliphatic rings. The van der Waals surface area contributed by atoms with Gasteiger partial charge in [0, 0.05) is 12.1 Å². The molecule has 2 nitrogen and oxygen atoms in total. The maximum atomic E-state index is 6.01. The van der Waals surface area contributed by atoms with Crippen molar-refractivity contribution in [1.82, 2.24) is 5.32 Å². The summed E-state index contributed by atoms with van der Waals surface area (Å²) < 4.78 is 6.01. The highest BCUT2D eigenvalue weighted by molar-refractivity contribution is 5.33. The molecule has 2 heteroatoms. The van der Waals surface area contributed by atoms with E-state index in [1.54, 1.807) is 5.57 Å². The van der Waals surface area contributed by atoms with E-state index in [9.17, 15) is 0 Å². The van der Waals surface area contributed by atoms with Gasteiger partial charge in [-0.05, 0) is 51.1 Å². The number of ether oxygens (including phenoxy) is 1. The van der Waals surface area contributed by atoms with Crippen LogP contribution < -0.4 is 10.1 Å². The van der Waals surface area contributed by atoms with E-state index in [4.69, 9.17) is 4.74 Å². The maximum Gasteiger partial charge on any atom is 0.123 e. The third-order valence-corrected chi connectivity index (χ3v) is 4.80. The Morgan fingerprint density at radius 2 is 1.92 bits per heavy atom. The molecular weight excluding hydrogens is 294 g/mol. The first kappa shape index (κ1) is 19.1. The first-order chi connectivity index (χ1) is 11.9. The minimum absolute atomic E-state index is 0.841. The summed E-state index contributed by atoms with van der Waals surface area (Å²) in [6, 6.07) is 8.46. The van der Waals surface area contributed by atoms with Crippen molar-refractivity contribution in [2.75, 3.05) is 13.2 Å². The zero-order valence-corrected chi connectivity index (χ0v) is 15.5. The molecule has 0 saturated heterocycles. The minimum Gasteiger partial charge on any atom is -0.493 e. The number of unbranched alkanes of at least 4 members (excludes halogenated alkanes) is 4. The normalized spacial score (nSPS) is 14.5. The van der Waals surface area contributed by atoms with Crippen molar-refractivity contribution in [3.8, 4) is 5.75 Å². The molecule has 1 aromatic rings. The van der Waals surface area contributed by atoms with Crippen LogP contribution in [0.15, 0.2) is 35.9 Å². The topological polar surface area (TPSA) is 21.3 Å². The fraction of sp³-hybridized carbons (Fsp3) is 0.636. The van der Waals surface area contributed by atoms with E-state index < -0.39 is 0 Å². The molecular formula is C22H35NO. The smallest absolute Gasteiger partial charge is 0.123 e. The van der Waals surface area contributed by atoms with Crippen LogP contribution in [-0.2, 0) is 6.54 Å². The summed E-state index contributed by atoms with van der Waals surface area (Å²) in [7, 11) is 0. The highest BCUT2D eigenvalue weighted by atomic mass is 16.5. The number of allylic oxidation sites excluding steroid dienone is 1. The van der Waals surface area contributed by atoms with Gasteiger partial charge in [-0.2, -0.15) is 0 Å². The van der Waals surface area contributed by atoms with Gasteiger partial charge in [0.1, 0.15) is 5.75 Å². The van der Waals surface area contributed by atoms with Gasteiger partial charge in [-0.1, -0.05) is 62.5 Å². The van der Waals surface area contributed by atoms with E-state index in [2.05, 4.69) is 42.6 Å². The molecule has 0 atom stereocenters. The first-order valence-electron chi connectivity index (χ1n) is 9.99. The zero-order chi connectivity index (χ0) is 16.9.